The van der Waals surface area contributed by atoms with Crippen molar-refractivity contribution in [1.82, 2.24) is 5.32 Å². The van der Waals surface area contributed by atoms with Gasteiger partial charge >= 0.3 is 0 Å². The van der Waals surface area contributed by atoms with Crippen LogP contribution in [0, 0.1) is 20.8 Å². The van der Waals surface area contributed by atoms with E-state index in [0.29, 0.717) is 11.3 Å². The number of hydrogen-bond acceptors (Lipinski definition) is 4. The second-order valence-corrected chi connectivity index (χ2v) is 11.2. The summed E-state index contributed by atoms with van der Waals surface area (Å²) in [5, 5.41) is 8.32. The monoisotopic (exact) mass is 563 g/mol. The van der Waals surface area contributed by atoms with E-state index in [0.717, 1.165) is 32.8 Å². The molecule has 0 radical (unpaired) electrons. The molecule has 7 heteroatoms. The van der Waals surface area contributed by atoms with Crippen LogP contribution < -0.4 is 16.0 Å². The van der Waals surface area contributed by atoms with E-state index in [4.69, 9.17) is 0 Å². The number of thioether (sulfide) groups is 1. The van der Waals surface area contributed by atoms with Gasteiger partial charge in [-0.1, -0.05) is 60.2 Å². The van der Waals surface area contributed by atoms with Crippen LogP contribution in [0.15, 0.2) is 108 Å². The van der Waals surface area contributed by atoms with Gasteiger partial charge in [0.1, 0.15) is 5.70 Å². The lowest BCUT2D eigenvalue weighted by atomic mass is 10.1. The van der Waals surface area contributed by atoms with E-state index >= 15 is 0 Å². The van der Waals surface area contributed by atoms with Gasteiger partial charge in [-0.15, -0.1) is 11.8 Å². The fraction of sp³-hybridized carbons (Fsp3) is 0.147. The Hall–Kier alpha value is -4.62. The largest absolute Gasteiger partial charge is 0.325 e. The Labute approximate surface area is 245 Å². The predicted molar refractivity (Wildman–Crippen MR) is 168 cm³/mol. The van der Waals surface area contributed by atoms with Gasteiger partial charge in [-0.05, 0) is 92.9 Å². The molecule has 0 bridgehead atoms. The third kappa shape index (κ3) is 8.19. The SMILES string of the molecule is Cc1cccc(/C=C(\NC(=O)c2ccccc2)C(=O)Nc2ccc(SC(C)C(=O)Nc3cccc(C)c3C)cc2)c1. The highest BCUT2D eigenvalue weighted by atomic mass is 32.2. The Morgan fingerprint density at radius 3 is 2.20 bits per heavy atom. The Bertz CT molecular complexity index is 1580. The molecule has 0 aromatic heterocycles. The molecule has 1 atom stereocenters. The molecule has 0 saturated carbocycles. The molecule has 4 aromatic rings. The maximum absolute atomic E-state index is 13.3. The summed E-state index contributed by atoms with van der Waals surface area (Å²) in [6.45, 7) is 7.83. The van der Waals surface area contributed by atoms with Crippen LogP contribution in [-0.2, 0) is 9.59 Å². The quantitative estimate of drug-likeness (QED) is 0.149. The molecule has 0 aliphatic carbocycles. The highest BCUT2D eigenvalue weighted by Gasteiger charge is 2.17. The van der Waals surface area contributed by atoms with E-state index in [1.165, 1.54) is 11.8 Å². The summed E-state index contributed by atoms with van der Waals surface area (Å²) in [4.78, 5) is 39.8. The van der Waals surface area contributed by atoms with E-state index in [-0.39, 0.29) is 22.8 Å². The molecule has 0 aliphatic rings. The van der Waals surface area contributed by atoms with Gasteiger partial charge in [0.25, 0.3) is 11.8 Å². The third-order valence-electron chi connectivity index (χ3n) is 6.54. The first-order chi connectivity index (χ1) is 19.7. The average Bonchev–Trinajstić information content (AvgIpc) is 2.96. The minimum absolute atomic E-state index is 0.0823. The van der Waals surface area contributed by atoms with Crippen molar-refractivity contribution in [3.63, 3.8) is 0 Å². The van der Waals surface area contributed by atoms with Crippen LogP contribution >= 0.6 is 11.8 Å². The smallest absolute Gasteiger partial charge is 0.272 e. The van der Waals surface area contributed by atoms with Gasteiger partial charge < -0.3 is 16.0 Å². The van der Waals surface area contributed by atoms with Crippen molar-refractivity contribution >= 4 is 46.9 Å². The molecular formula is C34H33N3O3S. The van der Waals surface area contributed by atoms with Crippen molar-refractivity contribution in [2.45, 2.75) is 37.8 Å². The lowest BCUT2D eigenvalue weighted by molar-refractivity contribution is -0.115. The molecule has 0 aliphatic heterocycles. The normalized spacial score (nSPS) is 11.9. The van der Waals surface area contributed by atoms with Crippen LogP contribution in [0.5, 0.6) is 0 Å². The van der Waals surface area contributed by atoms with Gasteiger partial charge in [0, 0.05) is 21.8 Å². The molecule has 4 aromatic carbocycles. The second-order valence-electron chi connectivity index (χ2n) is 9.77. The standard InChI is InChI=1S/C34H33N3O3S/c1-22-10-8-12-26(20-22)21-31(37-33(39)27-13-6-5-7-14-27)34(40)35-28-16-18-29(19-17-28)41-25(4)32(38)36-30-15-9-11-23(2)24(30)3/h5-21,25H,1-4H3,(H,35,40)(H,36,38)(H,37,39)/b31-21-. The maximum Gasteiger partial charge on any atom is 0.272 e. The van der Waals surface area contributed by atoms with Gasteiger partial charge in [-0.2, -0.15) is 0 Å². The zero-order valence-electron chi connectivity index (χ0n) is 23.5. The Morgan fingerprint density at radius 2 is 1.49 bits per heavy atom. The number of rotatable bonds is 9. The van der Waals surface area contributed by atoms with Crippen LogP contribution in [0.3, 0.4) is 0 Å². The van der Waals surface area contributed by atoms with Crippen LogP contribution in [0.1, 0.15) is 39.5 Å². The van der Waals surface area contributed by atoms with Gasteiger partial charge in [0.2, 0.25) is 5.91 Å². The Morgan fingerprint density at radius 1 is 0.780 bits per heavy atom. The fourth-order valence-electron chi connectivity index (χ4n) is 4.06. The number of nitrogens with one attached hydrogen (secondary N) is 3. The minimum Gasteiger partial charge on any atom is -0.325 e. The van der Waals surface area contributed by atoms with E-state index in [2.05, 4.69) is 16.0 Å². The van der Waals surface area contributed by atoms with Gasteiger partial charge in [-0.3, -0.25) is 14.4 Å². The van der Waals surface area contributed by atoms with E-state index < -0.39 is 5.91 Å². The summed E-state index contributed by atoms with van der Waals surface area (Å²) in [6, 6.07) is 29.5. The zero-order valence-corrected chi connectivity index (χ0v) is 24.3. The highest BCUT2D eigenvalue weighted by Crippen LogP contribution is 2.27. The van der Waals surface area contributed by atoms with E-state index in [1.54, 1.807) is 42.5 Å². The number of anilines is 2. The van der Waals surface area contributed by atoms with Crippen molar-refractivity contribution in [2.24, 2.45) is 0 Å². The van der Waals surface area contributed by atoms with Crippen molar-refractivity contribution in [3.8, 4) is 0 Å². The zero-order chi connectivity index (χ0) is 29.4. The van der Waals surface area contributed by atoms with Gasteiger partial charge in [0.05, 0.1) is 5.25 Å². The van der Waals surface area contributed by atoms with E-state index in [9.17, 15) is 14.4 Å². The number of amides is 3. The summed E-state index contributed by atoms with van der Waals surface area (Å²) in [6.07, 6.45) is 1.66. The summed E-state index contributed by atoms with van der Waals surface area (Å²) in [7, 11) is 0. The number of benzene rings is 4. The molecular weight excluding hydrogens is 530 g/mol. The number of carbonyl (C=O) groups is 3. The van der Waals surface area contributed by atoms with Crippen LogP contribution in [0.2, 0.25) is 0 Å². The summed E-state index contributed by atoms with van der Waals surface area (Å²) < 4.78 is 0. The van der Waals surface area contributed by atoms with Crippen molar-refractivity contribution in [3.05, 3.63) is 131 Å². The molecule has 3 amide bonds. The number of hydrogen-bond donors (Lipinski definition) is 3. The highest BCUT2D eigenvalue weighted by molar-refractivity contribution is 8.00. The molecule has 0 saturated heterocycles. The van der Waals surface area contributed by atoms with E-state index in [1.807, 2.05) is 88.4 Å². The summed E-state index contributed by atoms with van der Waals surface area (Å²) >= 11 is 1.43. The number of carbonyl (C=O) groups excluding carboxylic acids is 3. The minimum atomic E-state index is -0.447. The third-order valence-corrected chi connectivity index (χ3v) is 7.65. The van der Waals surface area contributed by atoms with Crippen molar-refractivity contribution in [2.75, 3.05) is 10.6 Å². The molecule has 0 spiro atoms. The van der Waals surface area contributed by atoms with Gasteiger partial charge in [-0.25, -0.2) is 0 Å². The fourth-order valence-corrected chi connectivity index (χ4v) is 4.93. The number of aryl methyl sites for hydroxylation is 2. The van der Waals surface area contributed by atoms with Crippen molar-refractivity contribution in [1.29, 1.82) is 0 Å². The molecule has 1 unspecified atom stereocenters. The lowest BCUT2D eigenvalue weighted by Crippen LogP contribution is -2.30. The topological polar surface area (TPSA) is 87.3 Å². The molecule has 0 heterocycles. The molecule has 3 N–H and O–H groups in total. The van der Waals surface area contributed by atoms with Gasteiger partial charge in [0.15, 0.2) is 0 Å². The molecule has 208 valence electrons. The van der Waals surface area contributed by atoms with Crippen LogP contribution in [0.25, 0.3) is 6.08 Å². The summed E-state index contributed by atoms with van der Waals surface area (Å²) in [5.74, 6) is -0.904. The Balaban J connectivity index is 1.43. The second kappa shape index (κ2) is 13.6. The molecule has 4 rings (SSSR count). The summed E-state index contributed by atoms with van der Waals surface area (Å²) in [5.41, 5.74) is 5.96. The lowest BCUT2D eigenvalue weighted by Gasteiger charge is -2.15. The molecule has 41 heavy (non-hydrogen) atoms. The van der Waals surface area contributed by atoms with Crippen LogP contribution in [-0.4, -0.2) is 23.0 Å². The molecule has 0 fully saturated rings. The van der Waals surface area contributed by atoms with Crippen LogP contribution in [0.4, 0.5) is 11.4 Å². The average molecular weight is 564 g/mol. The first-order valence-electron chi connectivity index (χ1n) is 13.3. The Kier molecular flexibility index (Phi) is 9.77. The van der Waals surface area contributed by atoms with Crippen molar-refractivity contribution < 1.29 is 14.4 Å². The predicted octanol–water partition coefficient (Wildman–Crippen LogP) is 7.14. The first kappa shape index (κ1) is 29.4. The maximum atomic E-state index is 13.3. The first-order valence-corrected chi connectivity index (χ1v) is 14.2. The molecule has 6 nitrogen and oxygen atoms in total.